The van der Waals surface area contributed by atoms with E-state index in [4.69, 9.17) is 0 Å². The Morgan fingerprint density at radius 3 is 2.55 bits per heavy atom. The minimum atomic E-state index is -0.179. The molecule has 2 aliphatic rings. The quantitative estimate of drug-likeness (QED) is 0.780. The Labute approximate surface area is 184 Å². The summed E-state index contributed by atoms with van der Waals surface area (Å²) >= 11 is 0. The smallest absolute Gasteiger partial charge is 0.255 e. The van der Waals surface area contributed by atoms with Crippen molar-refractivity contribution in [2.45, 2.75) is 27.3 Å². The van der Waals surface area contributed by atoms with E-state index in [0.717, 1.165) is 25.3 Å². The molecule has 0 radical (unpaired) electrons. The lowest BCUT2D eigenvalue weighted by Crippen LogP contribution is -2.64. The number of likely N-dealkylation sites (tertiary alicyclic amines) is 2. The van der Waals surface area contributed by atoms with Gasteiger partial charge in [0.15, 0.2) is 0 Å². The largest absolute Gasteiger partial charge is 0.356 e. The first-order chi connectivity index (χ1) is 14.9. The maximum atomic E-state index is 13.1. The molecule has 1 aromatic carbocycles. The number of carbonyl (C=O) groups excluding carboxylic acids is 2. The molecule has 4 rings (SSSR count). The van der Waals surface area contributed by atoms with Crippen LogP contribution in [0.2, 0.25) is 0 Å². The molecule has 2 amide bonds. The van der Waals surface area contributed by atoms with E-state index in [9.17, 15) is 9.59 Å². The molecule has 1 N–H and O–H groups in total. The average molecular weight is 421 g/mol. The highest BCUT2D eigenvalue weighted by Gasteiger charge is 2.57. The summed E-state index contributed by atoms with van der Waals surface area (Å²) in [6, 6.07) is 14.0. The summed E-state index contributed by atoms with van der Waals surface area (Å²) < 4.78 is 0. The van der Waals surface area contributed by atoms with Crippen LogP contribution >= 0.6 is 0 Å². The Kier molecular flexibility index (Phi) is 6.10. The predicted octanol–water partition coefficient (Wildman–Crippen LogP) is 2.74. The van der Waals surface area contributed by atoms with Crippen LogP contribution in [0.3, 0.4) is 0 Å². The lowest BCUT2D eigenvalue weighted by atomic mass is 9.71. The molecule has 2 aliphatic heterocycles. The molecule has 1 atom stereocenters. The summed E-state index contributed by atoms with van der Waals surface area (Å²) in [5.41, 5.74) is 2.47. The Morgan fingerprint density at radius 2 is 1.87 bits per heavy atom. The molecule has 0 bridgehead atoms. The second-order valence-electron chi connectivity index (χ2n) is 9.51. The number of amides is 2. The van der Waals surface area contributed by atoms with Gasteiger partial charge in [0, 0.05) is 56.6 Å². The first kappa shape index (κ1) is 21.5. The van der Waals surface area contributed by atoms with Crippen molar-refractivity contribution < 1.29 is 9.59 Å². The van der Waals surface area contributed by atoms with E-state index in [-0.39, 0.29) is 23.1 Å². The maximum absolute atomic E-state index is 13.1. The predicted molar refractivity (Wildman–Crippen MR) is 120 cm³/mol. The average Bonchev–Trinajstić information content (AvgIpc) is 3.11. The van der Waals surface area contributed by atoms with Crippen molar-refractivity contribution in [1.29, 1.82) is 0 Å². The molecule has 0 aliphatic carbocycles. The first-order valence-corrected chi connectivity index (χ1v) is 11.1. The minimum Gasteiger partial charge on any atom is -0.356 e. The number of hydrogen-bond donors (Lipinski definition) is 1. The molecule has 2 saturated heterocycles. The third kappa shape index (κ3) is 4.49. The zero-order valence-corrected chi connectivity index (χ0v) is 18.7. The van der Waals surface area contributed by atoms with Crippen molar-refractivity contribution in [3.8, 4) is 0 Å². The van der Waals surface area contributed by atoms with Crippen LogP contribution in [0.15, 0.2) is 48.7 Å². The van der Waals surface area contributed by atoms with Crippen LogP contribution in [0.25, 0.3) is 0 Å². The molecule has 6 nitrogen and oxygen atoms in total. The monoisotopic (exact) mass is 420 g/mol. The molecule has 31 heavy (non-hydrogen) atoms. The van der Waals surface area contributed by atoms with Gasteiger partial charge < -0.3 is 10.2 Å². The number of aromatic nitrogens is 1. The number of aryl methyl sites for hydroxylation is 1. The highest BCUT2D eigenvalue weighted by Crippen LogP contribution is 2.45. The third-order valence-corrected chi connectivity index (χ3v) is 6.50. The molecule has 2 fully saturated rings. The molecule has 1 unspecified atom stereocenters. The van der Waals surface area contributed by atoms with Crippen LogP contribution in [-0.4, -0.2) is 59.3 Å². The summed E-state index contributed by atoms with van der Waals surface area (Å²) in [5, 5.41) is 3.14. The van der Waals surface area contributed by atoms with Crippen molar-refractivity contribution in [1.82, 2.24) is 20.1 Å². The fraction of sp³-hybridized carbons (Fsp3) is 0.480. The highest BCUT2D eigenvalue weighted by atomic mass is 16.2. The summed E-state index contributed by atoms with van der Waals surface area (Å²) in [7, 11) is 0. The fourth-order valence-electron chi connectivity index (χ4n) is 4.88. The molecular weight excluding hydrogens is 388 g/mol. The Bertz CT molecular complexity index is 938. The summed E-state index contributed by atoms with van der Waals surface area (Å²) in [6.45, 7) is 10.4. The van der Waals surface area contributed by atoms with Gasteiger partial charge in [0.05, 0.1) is 11.5 Å². The number of rotatable bonds is 6. The Morgan fingerprint density at radius 1 is 1.13 bits per heavy atom. The summed E-state index contributed by atoms with van der Waals surface area (Å²) in [4.78, 5) is 34.6. The van der Waals surface area contributed by atoms with E-state index in [1.165, 1.54) is 5.56 Å². The van der Waals surface area contributed by atoms with Gasteiger partial charge in [-0.3, -0.25) is 19.5 Å². The lowest BCUT2D eigenvalue weighted by Gasteiger charge is -2.50. The summed E-state index contributed by atoms with van der Waals surface area (Å²) in [5.74, 6) is 0.441. The van der Waals surface area contributed by atoms with E-state index in [0.29, 0.717) is 31.1 Å². The number of carbonyl (C=O) groups is 2. The second-order valence-corrected chi connectivity index (χ2v) is 9.51. The SMILES string of the molecule is Cc1ncccc1C(=O)N1CC2(CN(Cc3ccccc3)CC2C(=O)NCC(C)C)C1. The van der Waals surface area contributed by atoms with E-state index < -0.39 is 0 Å². The zero-order chi connectivity index (χ0) is 22.0. The van der Waals surface area contributed by atoms with Gasteiger partial charge in [-0.1, -0.05) is 44.2 Å². The van der Waals surface area contributed by atoms with Gasteiger partial charge >= 0.3 is 0 Å². The summed E-state index contributed by atoms with van der Waals surface area (Å²) in [6.07, 6.45) is 1.71. The number of nitrogens with zero attached hydrogens (tertiary/aromatic N) is 3. The normalized spacial score (nSPS) is 20.1. The van der Waals surface area contributed by atoms with Crippen molar-refractivity contribution in [2.24, 2.45) is 17.3 Å². The molecule has 3 heterocycles. The molecule has 1 spiro atoms. The van der Waals surface area contributed by atoms with E-state index >= 15 is 0 Å². The van der Waals surface area contributed by atoms with Crippen LogP contribution in [0.4, 0.5) is 0 Å². The maximum Gasteiger partial charge on any atom is 0.255 e. The standard InChI is InChI=1S/C25H32N4O2/c1-18(2)12-27-23(30)22-14-28(13-20-8-5-4-6-9-20)15-25(22)16-29(17-25)24(31)21-10-7-11-26-19(21)3/h4-11,18,22H,12-17H2,1-3H3,(H,27,30). The molecular formula is C25H32N4O2. The van der Waals surface area contributed by atoms with E-state index in [1.54, 1.807) is 12.3 Å². The Balaban J connectivity index is 1.48. The van der Waals surface area contributed by atoms with Crippen LogP contribution in [0, 0.1) is 24.2 Å². The van der Waals surface area contributed by atoms with Crippen molar-refractivity contribution >= 4 is 11.8 Å². The molecule has 1 aromatic heterocycles. The van der Waals surface area contributed by atoms with Gasteiger partial charge in [0.25, 0.3) is 5.91 Å². The van der Waals surface area contributed by atoms with Gasteiger partial charge in [-0.15, -0.1) is 0 Å². The van der Waals surface area contributed by atoms with Gasteiger partial charge in [-0.2, -0.15) is 0 Å². The van der Waals surface area contributed by atoms with Gasteiger partial charge in [0.2, 0.25) is 5.91 Å². The number of pyridine rings is 1. The van der Waals surface area contributed by atoms with Crippen molar-refractivity contribution in [3.05, 3.63) is 65.5 Å². The third-order valence-electron chi connectivity index (χ3n) is 6.50. The van der Waals surface area contributed by atoms with Crippen LogP contribution in [-0.2, 0) is 11.3 Å². The highest BCUT2D eigenvalue weighted by molar-refractivity contribution is 5.96. The van der Waals surface area contributed by atoms with Crippen LogP contribution in [0.1, 0.15) is 35.5 Å². The zero-order valence-electron chi connectivity index (χ0n) is 18.7. The number of nitrogens with one attached hydrogen (secondary N) is 1. The van der Waals surface area contributed by atoms with Gasteiger partial charge in [0.1, 0.15) is 0 Å². The lowest BCUT2D eigenvalue weighted by molar-refractivity contribution is -0.131. The van der Waals surface area contributed by atoms with Crippen LogP contribution < -0.4 is 5.32 Å². The van der Waals surface area contributed by atoms with Crippen molar-refractivity contribution in [2.75, 3.05) is 32.7 Å². The molecule has 2 aromatic rings. The van der Waals surface area contributed by atoms with Crippen LogP contribution in [0.5, 0.6) is 0 Å². The minimum absolute atomic E-state index is 0.0130. The van der Waals surface area contributed by atoms with Gasteiger partial charge in [-0.25, -0.2) is 0 Å². The molecule has 164 valence electrons. The molecule has 0 saturated carbocycles. The van der Waals surface area contributed by atoms with Crippen molar-refractivity contribution in [3.63, 3.8) is 0 Å². The van der Waals surface area contributed by atoms with E-state index in [1.807, 2.05) is 36.1 Å². The fourth-order valence-corrected chi connectivity index (χ4v) is 4.88. The number of benzene rings is 1. The second kappa shape index (κ2) is 8.79. The van der Waals surface area contributed by atoms with E-state index in [2.05, 4.69) is 41.2 Å². The molecule has 6 heteroatoms. The topological polar surface area (TPSA) is 65.5 Å². The first-order valence-electron chi connectivity index (χ1n) is 11.1. The number of hydrogen-bond acceptors (Lipinski definition) is 4. The van der Waals surface area contributed by atoms with Gasteiger partial charge in [-0.05, 0) is 30.5 Å². The Hall–Kier alpha value is -2.73.